The Balaban J connectivity index is 1.34. The van der Waals surface area contributed by atoms with Gasteiger partial charge in [0.25, 0.3) is 0 Å². The van der Waals surface area contributed by atoms with E-state index in [0.717, 1.165) is 46.6 Å². The van der Waals surface area contributed by atoms with Crippen LogP contribution in [0.2, 0.25) is 0 Å². The summed E-state index contributed by atoms with van der Waals surface area (Å²) in [5.41, 5.74) is 2.49. The molecule has 4 aromatic rings. The van der Waals surface area contributed by atoms with E-state index in [1.54, 1.807) is 34.6 Å². The Bertz CT molecular complexity index is 1170. The Hall–Kier alpha value is -3.04. The minimum absolute atomic E-state index is 0.0699. The largest absolute Gasteiger partial charge is 0.437 e. The highest BCUT2D eigenvalue weighted by Gasteiger charge is 2.23. The van der Waals surface area contributed by atoms with Crippen LogP contribution in [0.4, 0.5) is 5.13 Å². The van der Waals surface area contributed by atoms with E-state index in [1.165, 1.54) is 0 Å². The predicted octanol–water partition coefficient (Wildman–Crippen LogP) is 3.99. The number of ether oxygens (including phenoxy) is 1. The zero-order valence-corrected chi connectivity index (χ0v) is 17.3. The quantitative estimate of drug-likeness (QED) is 0.502. The molecule has 0 saturated heterocycles. The summed E-state index contributed by atoms with van der Waals surface area (Å²) in [6.07, 6.45) is 10.6. The number of nitrogens with one attached hydrogen (secondary N) is 1. The van der Waals surface area contributed by atoms with Gasteiger partial charge in [0.15, 0.2) is 5.13 Å². The van der Waals surface area contributed by atoms with Crippen LogP contribution in [0.5, 0.6) is 11.6 Å². The number of aryl methyl sites for hydroxylation is 1. The van der Waals surface area contributed by atoms with Crippen LogP contribution in [0.3, 0.4) is 0 Å². The third kappa shape index (κ3) is 3.99. The van der Waals surface area contributed by atoms with Crippen LogP contribution in [0.15, 0.2) is 43.0 Å². The molecule has 1 aromatic carbocycles. The minimum atomic E-state index is -0.310. The molecule has 8 nitrogen and oxygen atoms in total. The zero-order chi connectivity index (χ0) is 20.5. The fourth-order valence-electron chi connectivity index (χ4n) is 3.68. The number of fused-ring (bicyclic) bond motifs is 1. The van der Waals surface area contributed by atoms with Gasteiger partial charge < -0.3 is 15.2 Å². The van der Waals surface area contributed by atoms with Gasteiger partial charge in [-0.1, -0.05) is 24.2 Å². The van der Waals surface area contributed by atoms with Gasteiger partial charge in [-0.25, -0.2) is 9.97 Å². The first-order valence-corrected chi connectivity index (χ1v) is 10.8. The number of hydrogen-bond donors (Lipinski definition) is 2. The molecule has 0 bridgehead atoms. The molecule has 30 heavy (non-hydrogen) atoms. The molecule has 0 aliphatic heterocycles. The van der Waals surface area contributed by atoms with Crippen molar-refractivity contribution >= 4 is 26.7 Å². The highest BCUT2D eigenvalue weighted by Crippen LogP contribution is 2.32. The molecule has 0 radical (unpaired) electrons. The van der Waals surface area contributed by atoms with Crippen molar-refractivity contribution in [3.05, 3.63) is 43.0 Å². The van der Waals surface area contributed by atoms with Gasteiger partial charge in [-0.15, -0.1) is 0 Å². The van der Waals surface area contributed by atoms with Gasteiger partial charge in [0, 0.05) is 24.9 Å². The summed E-state index contributed by atoms with van der Waals surface area (Å²) in [4.78, 5) is 13.4. The van der Waals surface area contributed by atoms with Crippen molar-refractivity contribution < 1.29 is 9.84 Å². The van der Waals surface area contributed by atoms with E-state index in [9.17, 15) is 5.11 Å². The van der Waals surface area contributed by atoms with E-state index >= 15 is 0 Å². The van der Waals surface area contributed by atoms with E-state index in [-0.39, 0.29) is 12.1 Å². The van der Waals surface area contributed by atoms with Crippen molar-refractivity contribution in [1.82, 2.24) is 24.7 Å². The van der Waals surface area contributed by atoms with Crippen LogP contribution in [0, 0.1) is 0 Å². The molecule has 1 aliphatic carbocycles. The monoisotopic (exact) mass is 422 g/mol. The van der Waals surface area contributed by atoms with Gasteiger partial charge in [0.1, 0.15) is 5.75 Å². The van der Waals surface area contributed by atoms with Crippen molar-refractivity contribution in [2.45, 2.75) is 37.8 Å². The van der Waals surface area contributed by atoms with Gasteiger partial charge >= 0.3 is 0 Å². The Morgan fingerprint density at radius 3 is 2.90 bits per heavy atom. The first-order valence-electron chi connectivity index (χ1n) is 9.98. The van der Waals surface area contributed by atoms with Crippen molar-refractivity contribution in [1.29, 1.82) is 0 Å². The zero-order valence-electron chi connectivity index (χ0n) is 16.5. The summed E-state index contributed by atoms with van der Waals surface area (Å²) in [5, 5.41) is 18.6. The summed E-state index contributed by atoms with van der Waals surface area (Å²) < 4.78 is 8.68. The SMILES string of the molecule is Cn1cc(-c2cncc(Oc3ccc4nc(N[C@@H]5CCCC[C@H]5O)sc4c3)n2)cn1. The lowest BCUT2D eigenvalue weighted by molar-refractivity contribution is 0.116. The van der Waals surface area contributed by atoms with Crippen LogP contribution in [0.1, 0.15) is 25.7 Å². The summed E-state index contributed by atoms with van der Waals surface area (Å²) in [6, 6.07) is 5.83. The highest BCUT2D eigenvalue weighted by atomic mass is 32.1. The average molecular weight is 423 g/mol. The number of aliphatic hydroxyl groups excluding tert-OH is 1. The maximum absolute atomic E-state index is 10.2. The maximum atomic E-state index is 10.2. The lowest BCUT2D eigenvalue weighted by Crippen LogP contribution is -2.36. The number of nitrogens with zero attached hydrogens (tertiary/aromatic N) is 5. The smallest absolute Gasteiger partial charge is 0.238 e. The number of aliphatic hydroxyl groups is 1. The van der Waals surface area contributed by atoms with Gasteiger partial charge in [-0.05, 0) is 25.0 Å². The molecule has 2 N–H and O–H groups in total. The first-order chi connectivity index (χ1) is 14.6. The molecule has 3 heterocycles. The Morgan fingerprint density at radius 1 is 1.17 bits per heavy atom. The second kappa shape index (κ2) is 8.00. The molecule has 0 unspecified atom stereocenters. The van der Waals surface area contributed by atoms with E-state index in [4.69, 9.17) is 4.74 Å². The van der Waals surface area contributed by atoms with Crippen molar-refractivity contribution in [3.8, 4) is 22.9 Å². The molecule has 2 atom stereocenters. The molecule has 0 amide bonds. The molecule has 0 spiro atoms. The Kier molecular flexibility index (Phi) is 5.06. The van der Waals surface area contributed by atoms with Crippen molar-refractivity contribution in [2.75, 3.05) is 5.32 Å². The number of rotatable bonds is 5. The molecule has 5 rings (SSSR count). The molecule has 1 aliphatic rings. The Morgan fingerprint density at radius 2 is 2.07 bits per heavy atom. The summed E-state index contributed by atoms with van der Waals surface area (Å²) in [5.74, 6) is 1.09. The Labute approximate surface area is 177 Å². The number of hydrogen-bond acceptors (Lipinski definition) is 8. The van der Waals surface area contributed by atoms with Gasteiger partial charge in [-0.3, -0.25) is 9.67 Å². The molecule has 9 heteroatoms. The number of anilines is 1. The highest BCUT2D eigenvalue weighted by molar-refractivity contribution is 7.22. The maximum Gasteiger partial charge on any atom is 0.238 e. The van der Waals surface area contributed by atoms with Crippen LogP contribution in [-0.4, -0.2) is 42.0 Å². The lowest BCUT2D eigenvalue weighted by atomic mass is 9.93. The van der Waals surface area contributed by atoms with Gasteiger partial charge in [0.2, 0.25) is 5.88 Å². The fraction of sp³-hybridized carbons (Fsp3) is 0.333. The summed E-state index contributed by atoms with van der Waals surface area (Å²) >= 11 is 1.56. The summed E-state index contributed by atoms with van der Waals surface area (Å²) in [6.45, 7) is 0. The van der Waals surface area contributed by atoms with E-state index in [0.29, 0.717) is 17.3 Å². The fourth-order valence-corrected chi connectivity index (χ4v) is 4.63. The minimum Gasteiger partial charge on any atom is -0.437 e. The standard InChI is InChI=1S/C21H22N6O2S/c1-27-12-13(9-23-27)17-10-22-11-20(24-17)29-14-6-7-16-19(8-14)30-21(26-16)25-15-4-2-3-5-18(15)28/h6-12,15,18,28H,2-5H2,1H3,(H,25,26)/t15-,18-/m1/s1. The first kappa shape index (κ1) is 19.0. The van der Waals surface area contributed by atoms with Gasteiger partial charge in [0.05, 0.1) is 46.6 Å². The normalized spacial score (nSPS) is 19.1. The third-order valence-electron chi connectivity index (χ3n) is 5.23. The summed E-state index contributed by atoms with van der Waals surface area (Å²) in [7, 11) is 1.86. The van der Waals surface area contributed by atoms with E-state index < -0.39 is 0 Å². The topological polar surface area (TPSA) is 98.0 Å². The molecule has 154 valence electrons. The molecular weight excluding hydrogens is 400 g/mol. The van der Waals surface area contributed by atoms with Crippen molar-refractivity contribution in [2.24, 2.45) is 7.05 Å². The van der Waals surface area contributed by atoms with Gasteiger partial charge in [-0.2, -0.15) is 5.10 Å². The predicted molar refractivity (Wildman–Crippen MR) is 116 cm³/mol. The van der Waals surface area contributed by atoms with Crippen LogP contribution < -0.4 is 10.1 Å². The second-order valence-corrected chi connectivity index (χ2v) is 8.53. The number of aromatic nitrogens is 5. The molecule has 1 saturated carbocycles. The lowest BCUT2D eigenvalue weighted by Gasteiger charge is -2.27. The van der Waals surface area contributed by atoms with Crippen LogP contribution >= 0.6 is 11.3 Å². The molecular formula is C21H22N6O2S. The number of thiazole rings is 1. The van der Waals surface area contributed by atoms with Crippen LogP contribution in [0.25, 0.3) is 21.5 Å². The third-order valence-corrected chi connectivity index (χ3v) is 6.18. The molecule has 3 aromatic heterocycles. The second-order valence-electron chi connectivity index (χ2n) is 7.50. The van der Waals surface area contributed by atoms with E-state index in [2.05, 4.69) is 25.4 Å². The van der Waals surface area contributed by atoms with E-state index in [1.807, 2.05) is 31.4 Å². The molecule has 1 fully saturated rings. The van der Waals surface area contributed by atoms with Crippen molar-refractivity contribution in [3.63, 3.8) is 0 Å². The average Bonchev–Trinajstić information content (AvgIpc) is 3.35. The number of benzene rings is 1. The van der Waals surface area contributed by atoms with Crippen LogP contribution in [-0.2, 0) is 7.05 Å².